The quantitative estimate of drug-likeness (QED) is 0.728. The van der Waals surface area contributed by atoms with Crippen molar-refractivity contribution in [1.29, 1.82) is 0 Å². The van der Waals surface area contributed by atoms with Crippen LogP contribution in [0.2, 0.25) is 0 Å². The van der Waals surface area contributed by atoms with Crippen LogP contribution in [0.4, 0.5) is 5.69 Å². The van der Waals surface area contributed by atoms with Gasteiger partial charge in [0.25, 0.3) is 5.91 Å². The molecule has 0 bridgehead atoms. The monoisotopic (exact) mass is 384 g/mol. The summed E-state index contributed by atoms with van der Waals surface area (Å²) in [6, 6.07) is 12.5. The molecule has 1 fully saturated rings. The first-order valence-corrected chi connectivity index (χ1v) is 10.5. The lowest BCUT2D eigenvalue weighted by Gasteiger charge is -2.17. The number of sulfonamides is 1. The van der Waals surface area contributed by atoms with E-state index in [0.29, 0.717) is 37.2 Å². The van der Waals surface area contributed by atoms with Crippen LogP contribution in [0.15, 0.2) is 54.9 Å². The number of carbonyl (C=O) groups excluding carboxylic acids is 1. The number of fused-ring (bicyclic) bond motifs is 1. The van der Waals surface area contributed by atoms with Gasteiger partial charge in [-0.25, -0.2) is 13.4 Å². The van der Waals surface area contributed by atoms with Gasteiger partial charge in [0, 0.05) is 37.5 Å². The average Bonchev–Trinajstić information content (AvgIpc) is 3.23. The first-order valence-electron chi connectivity index (χ1n) is 8.84. The van der Waals surface area contributed by atoms with Crippen LogP contribution in [0.25, 0.3) is 5.65 Å². The first kappa shape index (κ1) is 17.5. The summed E-state index contributed by atoms with van der Waals surface area (Å²) in [4.78, 5) is 16.8. The van der Waals surface area contributed by atoms with Gasteiger partial charge in [-0.1, -0.05) is 6.07 Å². The van der Waals surface area contributed by atoms with E-state index < -0.39 is 10.0 Å². The lowest BCUT2D eigenvalue weighted by atomic mass is 10.2. The van der Waals surface area contributed by atoms with Gasteiger partial charge in [-0.15, -0.1) is 0 Å². The molecule has 3 aromatic rings. The first-order chi connectivity index (χ1) is 13.0. The SMILES string of the molecule is O=C(NCCc1cn2ccccc2n1)c1ccc(N2CCCS2(=O)=O)cc1. The van der Waals surface area contributed by atoms with E-state index in [1.807, 2.05) is 35.0 Å². The molecule has 8 heteroatoms. The fourth-order valence-electron chi connectivity index (χ4n) is 3.22. The van der Waals surface area contributed by atoms with Crippen LogP contribution < -0.4 is 9.62 Å². The molecule has 0 atom stereocenters. The molecular formula is C19H20N4O3S. The number of aromatic nitrogens is 2. The highest BCUT2D eigenvalue weighted by Crippen LogP contribution is 2.24. The van der Waals surface area contributed by atoms with Gasteiger partial charge in [-0.3, -0.25) is 9.10 Å². The number of hydrogen-bond donors (Lipinski definition) is 1. The number of hydrogen-bond acceptors (Lipinski definition) is 4. The third-order valence-corrected chi connectivity index (χ3v) is 6.47. The van der Waals surface area contributed by atoms with Gasteiger partial charge < -0.3 is 9.72 Å². The Morgan fingerprint density at radius 1 is 1.15 bits per heavy atom. The molecule has 0 aliphatic carbocycles. The standard InChI is InChI=1S/C19H20N4O3S/c24-19(20-10-9-16-14-22-11-2-1-4-18(22)21-16)15-5-7-17(8-6-15)23-12-3-13-27(23,25)26/h1-2,4-8,11,14H,3,9-10,12-13H2,(H,20,24). The molecule has 1 aliphatic rings. The third-order valence-electron chi connectivity index (χ3n) is 4.60. The van der Waals surface area contributed by atoms with Crippen molar-refractivity contribution < 1.29 is 13.2 Å². The zero-order valence-corrected chi connectivity index (χ0v) is 15.5. The van der Waals surface area contributed by atoms with Gasteiger partial charge in [0.05, 0.1) is 17.1 Å². The molecule has 0 saturated carbocycles. The Kier molecular flexibility index (Phi) is 4.57. The molecule has 1 aliphatic heterocycles. The number of amides is 1. The van der Waals surface area contributed by atoms with E-state index in [1.165, 1.54) is 4.31 Å². The minimum Gasteiger partial charge on any atom is -0.352 e. The van der Waals surface area contributed by atoms with Crippen molar-refractivity contribution in [3.05, 3.63) is 66.1 Å². The highest BCUT2D eigenvalue weighted by Gasteiger charge is 2.28. The molecule has 1 amide bonds. The van der Waals surface area contributed by atoms with E-state index >= 15 is 0 Å². The van der Waals surface area contributed by atoms with Crippen LogP contribution in [0.3, 0.4) is 0 Å². The van der Waals surface area contributed by atoms with Crippen LogP contribution >= 0.6 is 0 Å². The minimum atomic E-state index is -3.21. The number of anilines is 1. The zero-order valence-electron chi connectivity index (χ0n) is 14.7. The third kappa shape index (κ3) is 3.66. The smallest absolute Gasteiger partial charge is 0.251 e. The summed E-state index contributed by atoms with van der Waals surface area (Å²) in [5.74, 6) is -0.00670. The Morgan fingerprint density at radius 2 is 1.96 bits per heavy atom. The summed E-state index contributed by atoms with van der Waals surface area (Å²) in [5, 5.41) is 2.88. The van der Waals surface area contributed by atoms with Crippen molar-refractivity contribution in [2.75, 3.05) is 23.1 Å². The van der Waals surface area contributed by atoms with Crippen molar-refractivity contribution in [3.63, 3.8) is 0 Å². The molecular weight excluding hydrogens is 364 g/mol. The molecule has 7 nitrogen and oxygen atoms in total. The molecule has 0 radical (unpaired) electrons. The maximum atomic E-state index is 12.3. The molecule has 3 heterocycles. The summed E-state index contributed by atoms with van der Waals surface area (Å²) in [5.41, 5.74) is 2.90. The van der Waals surface area contributed by atoms with Crippen molar-refractivity contribution in [1.82, 2.24) is 14.7 Å². The Bertz CT molecular complexity index is 1040. The van der Waals surface area contributed by atoms with Gasteiger partial charge in [0.15, 0.2) is 0 Å². The zero-order chi connectivity index (χ0) is 18.9. The normalized spacial score (nSPS) is 15.9. The second-order valence-corrected chi connectivity index (χ2v) is 8.51. The predicted octanol–water partition coefficient (Wildman–Crippen LogP) is 1.85. The van der Waals surface area contributed by atoms with Crippen molar-refractivity contribution in [3.8, 4) is 0 Å². The Balaban J connectivity index is 1.35. The summed E-state index contributed by atoms with van der Waals surface area (Å²) in [7, 11) is -3.21. The van der Waals surface area contributed by atoms with E-state index in [2.05, 4.69) is 10.3 Å². The fraction of sp³-hybridized carbons (Fsp3) is 0.263. The molecule has 4 rings (SSSR count). The molecule has 0 spiro atoms. The van der Waals surface area contributed by atoms with E-state index in [4.69, 9.17) is 0 Å². The van der Waals surface area contributed by atoms with Gasteiger partial charge in [0.1, 0.15) is 5.65 Å². The Morgan fingerprint density at radius 3 is 2.67 bits per heavy atom. The molecule has 1 saturated heterocycles. The number of carbonyl (C=O) groups is 1. The number of nitrogens with zero attached hydrogens (tertiary/aromatic N) is 3. The minimum absolute atomic E-state index is 0.179. The molecule has 27 heavy (non-hydrogen) atoms. The van der Waals surface area contributed by atoms with Crippen LogP contribution in [-0.4, -0.2) is 42.6 Å². The predicted molar refractivity (Wildman–Crippen MR) is 103 cm³/mol. The van der Waals surface area contributed by atoms with Crippen molar-refractivity contribution in [2.24, 2.45) is 0 Å². The summed E-state index contributed by atoms with van der Waals surface area (Å²) < 4.78 is 27.3. The molecule has 1 N–H and O–H groups in total. The van der Waals surface area contributed by atoms with Gasteiger partial charge in [0.2, 0.25) is 10.0 Å². The van der Waals surface area contributed by atoms with Gasteiger partial charge >= 0.3 is 0 Å². The second-order valence-electron chi connectivity index (χ2n) is 6.49. The van der Waals surface area contributed by atoms with Crippen molar-refractivity contribution >= 4 is 27.3 Å². The highest BCUT2D eigenvalue weighted by atomic mass is 32.2. The largest absolute Gasteiger partial charge is 0.352 e. The van der Waals surface area contributed by atoms with Gasteiger partial charge in [-0.05, 0) is 42.8 Å². The number of benzene rings is 1. The Hall–Kier alpha value is -2.87. The molecule has 140 valence electrons. The van der Waals surface area contributed by atoms with Crippen LogP contribution in [-0.2, 0) is 16.4 Å². The maximum absolute atomic E-state index is 12.3. The van der Waals surface area contributed by atoms with E-state index in [-0.39, 0.29) is 11.7 Å². The van der Waals surface area contributed by atoms with E-state index in [0.717, 1.165) is 11.3 Å². The van der Waals surface area contributed by atoms with Crippen molar-refractivity contribution in [2.45, 2.75) is 12.8 Å². The lowest BCUT2D eigenvalue weighted by Crippen LogP contribution is -2.27. The molecule has 1 aromatic carbocycles. The molecule has 2 aromatic heterocycles. The van der Waals surface area contributed by atoms with E-state index in [1.54, 1.807) is 24.3 Å². The average molecular weight is 384 g/mol. The van der Waals surface area contributed by atoms with Gasteiger partial charge in [-0.2, -0.15) is 0 Å². The summed E-state index contributed by atoms with van der Waals surface area (Å²) in [6.07, 6.45) is 5.16. The van der Waals surface area contributed by atoms with Crippen LogP contribution in [0.1, 0.15) is 22.5 Å². The topological polar surface area (TPSA) is 83.8 Å². The maximum Gasteiger partial charge on any atom is 0.251 e. The summed E-state index contributed by atoms with van der Waals surface area (Å²) in [6.45, 7) is 0.970. The second kappa shape index (κ2) is 7.03. The molecule has 0 unspecified atom stereocenters. The lowest BCUT2D eigenvalue weighted by molar-refractivity contribution is 0.0954. The number of imidazole rings is 1. The fourth-order valence-corrected chi connectivity index (χ4v) is 4.79. The Labute approximate surface area is 157 Å². The number of pyridine rings is 1. The number of nitrogens with one attached hydrogen (secondary N) is 1. The summed E-state index contributed by atoms with van der Waals surface area (Å²) >= 11 is 0. The van der Waals surface area contributed by atoms with E-state index in [9.17, 15) is 13.2 Å². The van der Waals surface area contributed by atoms with Crippen LogP contribution in [0, 0.1) is 0 Å². The van der Waals surface area contributed by atoms with Crippen LogP contribution in [0.5, 0.6) is 0 Å². The highest BCUT2D eigenvalue weighted by molar-refractivity contribution is 7.93. The number of rotatable bonds is 5.